The van der Waals surface area contributed by atoms with Crippen LogP contribution in [0.4, 0.5) is 0 Å². The summed E-state index contributed by atoms with van der Waals surface area (Å²) in [5.74, 6) is 0.496. The zero-order chi connectivity index (χ0) is 20.0. The Balaban J connectivity index is 1.78. The molecule has 3 heteroatoms. The minimum absolute atomic E-state index is 0.496. The minimum atomic E-state index is 0.496. The second kappa shape index (κ2) is 6.97. The fraction of sp³-hybridized carbons (Fsp3) is 0.320. The Morgan fingerprint density at radius 2 is 1.82 bits per heavy atom. The van der Waals surface area contributed by atoms with Crippen LogP contribution in [0.1, 0.15) is 59.0 Å². The van der Waals surface area contributed by atoms with Gasteiger partial charge in [-0.3, -0.25) is 4.98 Å². The first-order valence-corrected chi connectivity index (χ1v) is 9.97. The van der Waals surface area contributed by atoms with E-state index in [9.17, 15) is 0 Å². The Morgan fingerprint density at radius 3 is 2.50 bits per heavy atom. The van der Waals surface area contributed by atoms with Crippen LogP contribution in [0.15, 0.2) is 36.8 Å². The van der Waals surface area contributed by atoms with E-state index in [0.717, 1.165) is 17.8 Å². The summed E-state index contributed by atoms with van der Waals surface area (Å²) in [7, 11) is 2.09. The zero-order valence-electron chi connectivity index (χ0n) is 17.7. The highest BCUT2D eigenvalue weighted by Gasteiger charge is 2.28. The number of hydrogen-bond acceptors (Lipinski definition) is 2. The van der Waals surface area contributed by atoms with E-state index in [0.29, 0.717) is 5.92 Å². The van der Waals surface area contributed by atoms with Crippen molar-refractivity contribution in [3.05, 3.63) is 76.0 Å². The van der Waals surface area contributed by atoms with Gasteiger partial charge in [-0.25, -0.2) is 4.57 Å². The molecular weight excluding hydrogens is 342 g/mol. The molecule has 3 nitrogen and oxygen atoms in total. The number of allylic oxidation sites excluding steroid dienone is 1. The van der Waals surface area contributed by atoms with Crippen LogP contribution in [0.5, 0.6) is 0 Å². The number of benzene rings is 1. The average molecular weight is 371 g/mol. The Bertz CT molecular complexity index is 1090. The zero-order valence-corrected chi connectivity index (χ0v) is 17.7. The lowest BCUT2D eigenvalue weighted by atomic mass is 9.94. The van der Waals surface area contributed by atoms with E-state index >= 15 is 0 Å². The molecule has 1 aliphatic rings. The molecule has 0 N–H and O–H groups in total. The standard InChI is InChI=1S/C25H28N3/c1-15(2)19-7-8-23(26-13-19)20-11-22-24(12-20)27-14-28(6)25(22)21-10-16(3)9-17(4)18(21)5/h7-10,12-15H,11H2,1-6H3/q+1. The molecule has 2 heterocycles. The van der Waals surface area contributed by atoms with E-state index in [1.54, 1.807) is 0 Å². The maximum Gasteiger partial charge on any atom is 0.287 e. The highest BCUT2D eigenvalue weighted by Crippen LogP contribution is 2.36. The normalized spacial score (nSPS) is 13.0. The van der Waals surface area contributed by atoms with Crippen molar-refractivity contribution in [2.45, 2.75) is 47.0 Å². The highest BCUT2D eigenvalue weighted by molar-refractivity contribution is 5.89. The topological polar surface area (TPSA) is 29.7 Å². The van der Waals surface area contributed by atoms with Crippen LogP contribution in [-0.4, -0.2) is 9.97 Å². The number of nitrogens with zero attached hydrogens (tertiary/aromatic N) is 3. The van der Waals surface area contributed by atoms with Gasteiger partial charge in [0.2, 0.25) is 0 Å². The van der Waals surface area contributed by atoms with Gasteiger partial charge in [0.25, 0.3) is 6.33 Å². The second-order valence-electron chi connectivity index (χ2n) is 8.30. The summed E-state index contributed by atoms with van der Waals surface area (Å²) >= 11 is 0. The predicted molar refractivity (Wildman–Crippen MR) is 115 cm³/mol. The summed E-state index contributed by atoms with van der Waals surface area (Å²) in [6.45, 7) is 11.0. The van der Waals surface area contributed by atoms with E-state index in [-0.39, 0.29) is 0 Å². The van der Waals surface area contributed by atoms with Crippen molar-refractivity contribution < 1.29 is 4.57 Å². The number of pyridine rings is 1. The van der Waals surface area contributed by atoms with Crippen LogP contribution in [0.25, 0.3) is 22.9 Å². The second-order valence-corrected chi connectivity index (χ2v) is 8.30. The number of aromatic nitrogens is 3. The number of aryl methyl sites for hydroxylation is 3. The quantitative estimate of drug-likeness (QED) is 0.599. The van der Waals surface area contributed by atoms with Crippen LogP contribution < -0.4 is 4.57 Å². The number of hydrogen-bond donors (Lipinski definition) is 0. The monoisotopic (exact) mass is 370 g/mol. The molecule has 28 heavy (non-hydrogen) atoms. The fourth-order valence-corrected chi connectivity index (χ4v) is 4.06. The van der Waals surface area contributed by atoms with Crippen LogP contribution in [0.2, 0.25) is 0 Å². The molecular formula is C25H28N3+. The molecule has 0 spiro atoms. The van der Waals surface area contributed by atoms with Crippen molar-refractivity contribution in [2.75, 3.05) is 0 Å². The molecule has 0 fully saturated rings. The molecule has 0 bridgehead atoms. The molecule has 0 radical (unpaired) electrons. The van der Waals surface area contributed by atoms with Crippen LogP contribution in [0, 0.1) is 20.8 Å². The van der Waals surface area contributed by atoms with Crippen molar-refractivity contribution in [2.24, 2.45) is 7.05 Å². The third-order valence-electron chi connectivity index (χ3n) is 5.84. The molecule has 0 aliphatic heterocycles. The predicted octanol–water partition coefficient (Wildman–Crippen LogP) is 5.11. The van der Waals surface area contributed by atoms with Crippen LogP contribution >= 0.6 is 0 Å². The van der Waals surface area contributed by atoms with Gasteiger partial charge in [0, 0.05) is 18.2 Å². The SMILES string of the molecule is Cc1cc(C)c(C)c(-c2c3c(nc[n+]2C)C=C(c2ccc(C(C)C)cn2)C3)c1. The number of fused-ring (bicyclic) bond motifs is 1. The summed E-state index contributed by atoms with van der Waals surface area (Å²) in [5, 5.41) is 0. The highest BCUT2D eigenvalue weighted by atomic mass is 15.0. The van der Waals surface area contributed by atoms with Crippen molar-refractivity contribution in [1.29, 1.82) is 0 Å². The number of rotatable bonds is 3. The molecule has 0 amide bonds. The first-order valence-electron chi connectivity index (χ1n) is 9.97. The van der Waals surface area contributed by atoms with Crippen molar-refractivity contribution in [3.63, 3.8) is 0 Å². The summed E-state index contributed by atoms with van der Waals surface area (Å²) in [6, 6.07) is 8.89. The summed E-state index contributed by atoms with van der Waals surface area (Å²) in [4.78, 5) is 9.43. The minimum Gasteiger partial charge on any atom is -0.256 e. The molecule has 0 saturated heterocycles. The molecule has 0 atom stereocenters. The van der Waals surface area contributed by atoms with Crippen molar-refractivity contribution >= 4 is 11.6 Å². The third-order valence-corrected chi connectivity index (χ3v) is 5.84. The van der Waals surface area contributed by atoms with Crippen LogP contribution in [0.3, 0.4) is 0 Å². The summed E-state index contributed by atoms with van der Waals surface area (Å²) in [5.41, 5.74) is 12.5. The van der Waals surface area contributed by atoms with Crippen LogP contribution in [-0.2, 0) is 13.5 Å². The van der Waals surface area contributed by atoms with Gasteiger partial charge >= 0.3 is 0 Å². The Hall–Kier alpha value is -2.81. The van der Waals surface area contributed by atoms with Gasteiger partial charge in [0.05, 0.1) is 18.3 Å². The van der Waals surface area contributed by atoms with E-state index in [1.165, 1.54) is 44.6 Å². The lowest BCUT2D eigenvalue weighted by molar-refractivity contribution is -0.663. The molecule has 2 aromatic heterocycles. The van der Waals surface area contributed by atoms with Crippen molar-refractivity contribution in [1.82, 2.24) is 9.97 Å². The summed E-state index contributed by atoms with van der Waals surface area (Å²) in [6.07, 6.45) is 7.01. The van der Waals surface area contributed by atoms with Crippen molar-refractivity contribution in [3.8, 4) is 11.3 Å². The molecule has 3 aromatic rings. The van der Waals surface area contributed by atoms with Gasteiger partial charge in [-0.1, -0.05) is 31.5 Å². The molecule has 0 unspecified atom stereocenters. The van der Waals surface area contributed by atoms with E-state index < -0.39 is 0 Å². The molecule has 1 aliphatic carbocycles. The lowest BCUT2D eigenvalue weighted by Crippen LogP contribution is -2.33. The van der Waals surface area contributed by atoms with Gasteiger partial charge in [-0.2, -0.15) is 0 Å². The first kappa shape index (κ1) is 18.5. The van der Waals surface area contributed by atoms with Gasteiger partial charge in [0.1, 0.15) is 5.69 Å². The van der Waals surface area contributed by atoms with E-state index in [1.807, 2.05) is 12.5 Å². The molecule has 142 valence electrons. The van der Waals surface area contributed by atoms with Gasteiger partial charge in [-0.15, -0.1) is 0 Å². The molecule has 4 rings (SSSR count). The first-order chi connectivity index (χ1) is 13.3. The Kier molecular flexibility index (Phi) is 4.62. The summed E-state index contributed by atoms with van der Waals surface area (Å²) < 4.78 is 2.16. The maximum atomic E-state index is 4.73. The molecule has 0 saturated carbocycles. The third kappa shape index (κ3) is 3.15. The Morgan fingerprint density at radius 1 is 1.04 bits per heavy atom. The Labute approximate surface area is 167 Å². The van der Waals surface area contributed by atoms with E-state index in [2.05, 4.69) is 76.6 Å². The van der Waals surface area contributed by atoms with Gasteiger partial charge < -0.3 is 0 Å². The smallest absolute Gasteiger partial charge is 0.256 e. The maximum absolute atomic E-state index is 4.73. The average Bonchev–Trinajstić information content (AvgIpc) is 3.09. The van der Waals surface area contributed by atoms with E-state index in [4.69, 9.17) is 9.97 Å². The molecule has 1 aromatic carbocycles. The van der Waals surface area contributed by atoms with Gasteiger partial charge in [0.15, 0.2) is 5.69 Å². The van der Waals surface area contributed by atoms with Gasteiger partial charge in [-0.05, 0) is 72.1 Å². The fourth-order valence-electron chi connectivity index (χ4n) is 4.06. The largest absolute Gasteiger partial charge is 0.287 e. The lowest BCUT2D eigenvalue weighted by Gasteiger charge is -2.13.